The fourth-order valence-electron chi connectivity index (χ4n) is 7.11. The van der Waals surface area contributed by atoms with E-state index in [1.54, 1.807) is 5.57 Å². The predicted octanol–water partition coefficient (Wildman–Crippen LogP) is 3.15. The van der Waals surface area contributed by atoms with Crippen LogP contribution in [0.4, 0.5) is 0 Å². The quantitative estimate of drug-likeness (QED) is 0.506. The molecule has 4 heteroatoms. The Balaban J connectivity index is 1.37. The van der Waals surface area contributed by atoms with E-state index in [0.29, 0.717) is 17.6 Å². The van der Waals surface area contributed by atoms with Gasteiger partial charge in [-0.3, -0.25) is 4.79 Å². The summed E-state index contributed by atoms with van der Waals surface area (Å²) in [5.74, 6) is 1.21. The number of epoxide rings is 1. The maximum Gasteiger partial charge on any atom is 0.171 e. The van der Waals surface area contributed by atoms with Crippen LogP contribution in [-0.4, -0.2) is 36.0 Å². The number of Topliss-reactive ketones (excluding diaryl/α,β-unsaturated/α-hetero) is 1. The van der Waals surface area contributed by atoms with E-state index in [1.807, 2.05) is 0 Å². The van der Waals surface area contributed by atoms with E-state index < -0.39 is 0 Å². The topological polar surface area (TPSA) is 48.1 Å². The number of fused-ring (bicyclic) bond motifs is 3. The Kier molecular flexibility index (Phi) is 2.51. The van der Waals surface area contributed by atoms with E-state index in [-0.39, 0.29) is 22.4 Å². The highest BCUT2D eigenvalue weighted by molar-refractivity contribution is 5.87. The minimum Gasteiger partial charge on any atom is -0.358 e. The van der Waals surface area contributed by atoms with Crippen molar-refractivity contribution in [3.05, 3.63) is 11.6 Å². The number of hydrogen-bond acceptors (Lipinski definition) is 4. The molecule has 0 aromatic carbocycles. The molecule has 130 valence electrons. The third kappa shape index (κ3) is 1.47. The number of carbonyl (C=O) groups excluding carboxylic acids is 1. The first-order valence-electron chi connectivity index (χ1n) is 9.75. The predicted molar refractivity (Wildman–Crippen MR) is 86.3 cm³/mol. The SMILES string of the molecule is C[C@]12CC=C3C(CCC45CC6(CCC34O5)OCCO6)C1CCC2=O. The molecule has 2 heterocycles. The van der Waals surface area contributed by atoms with Crippen molar-refractivity contribution in [2.45, 2.75) is 75.3 Å². The molecule has 1 spiro atoms. The molecule has 5 fully saturated rings. The van der Waals surface area contributed by atoms with Gasteiger partial charge in [0.25, 0.3) is 0 Å². The molecule has 0 aromatic heterocycles. The number of hydrogen-bond donors (Lipinski definition) is 0. The number of carbonyl (C=O) groups is 1. The van der Waals surface area contributed by atoms with Crippen molar-refractivity contribution in [2.24, 2.45) is 17.3 Å². The summed E-state index contributed by atoms with van der Waals surface area (Å²) in [4.78, 5) is 12.5. The van der Waals surface area contributed by atoms with Crippen molar-refractivity contribution in [1.29, 1.82) is 0 Å². The van der Waals surface area contributed by atoms with Gasteiger partial charge in [0.2, 0.25) is 0 Å². The van der Waals surface area contributed by atoms with Gasteiger partial charge in [0, 0.05) is 24.7 Å². The Morgan fingerprint density at radius 2 is 1.96 bits per heavy atom. The molecule has 6 aliphatic rings. The molecule has 24 heavy (non-hydrogen) atoms. The Hall–Kier alpha value is -0.710. The molecular formula is C20H26O4. The molecule has 4 aliphatic carbocycles. The third-order valence-corrected chi connectivity index (χ3v) is 8.38. The van der Waals surface area contributed by atoms with Crippen LogP contribution in [0.3, 0.4) is 0 Å². The number of ketones is 1. The molecule has 0 amide bonds. The molecular weight excluding hydrogens is 304 g/mol. The largest absolute Gasteiger partial charge is 0.358 e. The maximum atomic E-state index is 12.5. The summed E-state index contributed by atoms with van der Waals surface area (Å²) in [6.07, 6.45) is 10.3. The number of rotatable bonds is 0. The van der Waals surface area contributed by atoms with Gasteiger partial charge >= 0.3 is 0 Å². The zero-order valence-electron chi connectivity index (χ0n) is 14.4. The first kappa shape index (κ1) is 14.5. The van der Waals surface area contributed by atoms with Gasteiger partial charge < -0.3 is 14.2 Å². The Bertz CT molecular complexity index is 663. The van der Waals surface area contributed by atoms with Crippen LogP contribution in [0.25, 0.3) is 0 Å². The van der Waals surface area contributed by atoms with Crippen molar-refractivity contribution in [2.75, 3.05) is 13.2 Å². The molecule has 3 saturated carbocycles. The van der Waals surface area contributed by atoms with Crippen LogP contribution in [0.5, 0.6) is 0 Å². The minimum atomic E-state index is -0.375. The van der Waals surface area contributed by atoms with Crippen molar-refractivity contribution in [3.8, 4) is 0 Å². The van der Waals surface area contributed by atoms with Gasteiger partial charge in [0.15, 0.2) is 5.79 Å². The van der Waals surface area contributed by atoms with Gasteiger partial charge in [-0.25, -0.2) is 0 Å². The highest BCUT2D eigenvalue weighted by Gasteiger charge is 2.79. The van der Waals surface area contributed by atoms with Crippen LogP contribution in [0, 0.1) is 17.3 Å². The Labute approximate surface area is 142 Å². The number of ether oxygens (including phenoxy) is 3. The monoisotopic (exact) mass is 330 g/mol. The summed E-state index contributed by atoms with van der Waals surface area (Å²) in [6, 6.07) is 0. The van der Waals surface area contributed by atoms with E-state index in [1.165, 1.54) is 0 Å². The second-order valence-corrected chi connectivity index (χ2v) is 9.20. The van der Waals surface area contributed by atoms with E-state index >= 15 is 0 Å². The lowest BCUT2D eigenvalue weighted by Crippen LogP contribution is -2.51. The average Bonchev–Trinajstić information content (AvgIpc) is 2.88. The van der Waals surface area contributed by atoms with Crippen molar-refractivity contribution in [1.82, 2.24) is 0 Å². The van der Waals surface area contributed by atoms with Crippen molar-refractivity contribution < 1.29 is 19.0 Å². The molecule has 0 N–H and O–H groups in total. The smallest absolute Gasteiger partial charge is 0.171 e. The summed E-state index contributed by atoms with van der Waals surface area (Å²) in [7, 11) is 0. The van der Waals surface area contributed by atoms with Crippen molar-refractivity contribution >= 4 is 5.78 Å². The van der Waals surface area contributed by atoms with Crippen molar-refractivity contribution in [3.63, 3.8) is 0 Å². The molecule has 4 unspecified atom stereocenters. The van der Waals surface area contributed by atoms with Gasteiger partial charge in [-0.15, -0.1) is 0 Å². The lowest BCUT2D eigenvalue weighted by Gasteiger charge is -2.48. The first-order valence-corrected chi connectivity index (χ1v) is 9.75. The highest BCUT2D eigenvalue weighted by Crippen LogP contribution is 2.73. The molecule has 5 atom stereocenters. The van der Waals surface area contributed by atoms with E-state index in [0.717, 1.165) is 64.6 Å². The molecule has 0 aromatic rings. The van der Waals surface area contributed by atoms with E-state index in [2.05, 4.69) is 13.0 Å². The third-order valence-electron chi connectivity index (χ3n) is 8.38. The Morgan fingerprint density at radius 1 is 1.12 bits per heavy atom. The summed E-state index contributed by atoms with van der Waals surface area (Å²) in [5, 5.41) is 0. The van der Waals surface area contributed by atoms with Gasteiger partial charge in [0.05, 0.1) is 13.2 Å². The molecule has 0 bridgehead atoms. The summed E-state index contributed by atoms with van der Waals surface area (Å²) in [5.41, 5.74) is 1.34. The lowest BCUT2D eigenvalue weighted by atomic mass is 9.54. The van der Waals surface area contributed by atoms with Gasteiger partial charge in [0.1, 0.15) is 17.0 Å². The normalized spacial score (nSPS) is 53.9. The molecule has 6 rings (SSSR count). The summed E-state index contributed by atoms with van der Waals surface area (Å²) >= 11 is 0. The van der Waals surface area contributed by atoms with Crippen LogP contribution in [-0.2, 0) is 19.0 Å². The average molecular weight is 330 g/mol. The van der Waals surface area contributed by atoms with E-state index in [4.69, 9.17) is 14.2 Å². The maximum absolute atomic E-state index is 12.5. The first-order chi connectivity index (χ1) is 11.5. The van der Waals surface area contributed by atoms with Crippen LogP contribution in [0.2, 0.25) is 0 Å². The summed E-state index contributed by atoms with van der Waals surface area (Å²) < 4.78 is 18.5. The zero-order chi connectivity index (χ0) is 16.2. The molecule has 2 saturated heterocycles. The molecule has 2 aliphatic heterocycles. The zero-order valence-corrected chi connectivity index (χ0v) is 14.4. The van der Waals surface area contributed by atoms with Crippen LogP contribution in [0.15, 0.2) is 11.6 Å². The van der Waals surface area contributed by atoms with Crippen LogP contribution >= 0.6 is 0 Å². The van der Waals surface area contributed by atoms with Crippen LogP contribution in [0.1, 0.15) is 58.3 Å². The molecule has 0 radical (unpaired) electrons. The fourth-order valence-corrected chi connectivity index (χ4v) is 7.11. The second kappa shape index (κ2) is 4.16. The Morgan fingerprint density at radius 3 is 2.79 bits per heavy atom. The van der Waals surface area contributed by atoms with Gasteiger partial charge in [-0.05, 0) is 49.5 Å². The molecule has 4 nitrogen and oxygen atoms in total. The number of allylic oxidation sites excluding steroid dienone is 1. The highest BCUT2D eigenvalue weighted by atomic mass is 16.7. The van der Waals surface area contributed by atoms with E-state index in [9.17, 15) is 4.79 Å². The standard InChI is InChI=1S/C20H26O4/c1-17-6-5-15-13(14(17)2-3-16(17)21)4-7-18-12-19(22-10-11-23-19)8-9-20(15,18)24-18/h5,13-14H,2-4,6-12H2,1H3/t13?,14?,17-,18?,20?/m0/s1. The minimum absolute atomic E-state index is 0.0473. The van der Waals surface area contributed by atoms with Gasteiger partial charge in [-0.1, -0.05) is 13.0 Å². The fraction of sp³-hybridized carbons (Fsp3) is 0.850. The van der Waals surface area contributed by atoms with Gasteiger partial charge in [-0.2, -0.15) is 0 Å². The summed E-state index contributed by atoms with van der Waals surface area (Å²) in [6.45, 7) is 3.65. The lowest BCUT2D eigenvalue weighted by molar-refractivity contribution is -0.185. The second-order valence-electron chi connectivity index (χ2n) is 9.20. The van der Waals surface area contributed by atoms with Crippen LogP contribution < -0.4 is 0 Å².